The molecule has 0 saturated heterocycles. The summed E-state index contributed by atoms with van der Waals surface area (Å²) in [6.45, 7) is 1.08. The molecule has 0 heterocycles. The summed E-state index contributed by atoms with van der Waals surface area (Å²) in [5.41, 5.74) is 0. The second kappa shape index (κ2) is 26.4. The molecular weight excluding hydrogens is 127 g/mol. The van der Waals surface area contributed by atoms with E-state index < -0.39 is 5.97 Å². The Morgan fingerprint density at radius 2 is 1.25 bits per heavy atom. The van der Waals surface area contributed by atoms with Crippen molar-refractivity contribution in [1.82, 2.24) is 0 Å². The second-order valence-corrected chi connectivity index (χ2v) is 0.519. The van der Waals surface area contributed by atoms with Crippen molar-refractivity contribution in [3.63, 3.8) is 0 Å². The van der Waals surface area contributed by atoms with Gasteiger partial charge in [0.25, 0.3) is 5.97 Å². The maximum atomic E-state index is 9.00. The molecule has 0 amide bonds. The van der Waals surface area contributed by atoms with Crippen LogP contribution in [0.3, 0.4) is 0 Å². The third-order valence-electron chi connectivity index (χ3n) is 0. The van der Waals surface area contributed by atoms with E-state index in [0.29, 0.717) is 0 Å². The molecule has 0 aromatic heterocycles. The molecule has 0 saturated carbocycles. The van der Waals surface area contributed by atoms with E-state index in [0.717, 1.165) is 6.92 Å². The second-order valence-electron chi connectivity index (χ2n) is 0.519. The molecular formula is C2H11NaO5. The molecule has 0 unspecified atom stereocenters. The fourth-order valence-corrected chi connectivity index (χ4v) is 0. The van der Waals surface area contributed by atoms with Crippen molar-refractivity contribution in [2.75, 3.05) is 0 Å². The monoisotopic (exact) mass is 138 g/mol. The van der Waals surface area contributed by atoms with Crippen LogP contribution >= 0.6 is 0 Å². The number of carboxylic acids is 1. The summed E-state index contributed by atoms with van der Waals surface area (Å²) < 4.78 is 0. The minimum absolute atomic E-state index is 0. The molecule has 0 spiro atoms. The van der Waals surface area contributed by atoms with E-state index in [1.54, 1.807) is 0 Å². The molecule has 0 aliphatic rings. The quantitative estimate of drug-likeness (QED) is 0.356. The Balaban J connectivity index is -0.00000000750. The summed E-state index contributed by atoms with van der Waals surface area (Å²) in [4.78, 5) is 9.00. The number of carboxylic acid groups (broad SMARTS) is 1. The molecule has 7 N–H and O–H groups in total. The zero-order chi connectivity index (χ0) is 3.58. The van der Waals surface area contributed by atoms with Crippen LogP contribution in [0.5, 0.6) is 0 Å². The van der Waals surface area contributed by atoms with Gasteiger partial charge < -0.3 is 21.5 Å². The molecule has 0 fully saturated rings. The molecule has 0 atom stereocenters. The van der Waals surface area contributed by atoms with Gasteiger partial charge in [0.2, 0.25) is 0 Å². The predicted molar refractivity (Wildman–Crippen MR) is 31.3 cm³/mol. The molecule has 0 radical (unpaired) electrons. The van der Waals surface area contributed by atoms with Crippen LogP contribution in [0.25, 0.3) is 0 Å². The zero-order valence-electron chi connectivity index (χ0n) is 3.86. The molecule has 50 valence electrons. The Hall–Kier alpha value is 0.350. The van der Waals surface area contributed by atoms with Crippen LogP contribution in [0.1, 0.15) is 6.92 Å². The summed E-state index contributed by atoms with van der Waals surface area (Å²) in [6, 6.07) is 0. The molecule has 6 heteroatoms. The first-order valence-corrected chi connectivity index (χ1v) is 0.928. The summed E-state index contributed by atoms with van der Waals surface area (Å²) in [5.74, 6) is -0.833. The van der Waals surface area contributed by atoms with Crippen molar-refractivity contribution in [3.8, 4) is 0 Å². The van der Waals surface area contributed by atoms with Crippen molar-refractivity contribution < 1.29 is 26.3 Å². The number of hydrogen-bond acceptors (Lipinski definition) is 1. The molecule has 0 rings (SSSR count). The Labute approximate surface area is 68.9 Å². The fraction of sp³-hybridized carbons (Fsp3) is 0.500. The molecule has 0 aliphatic heterocycles. The van der Waals surface area contributed by atoms with Gasteiger partial charge in [0.15, 0.2) is 0 Å². The molecule has 0 aliphatic carbocycles. The summed E-state index contributed by atoms with van der Waals surface area (Å²) in [7, 11) is 0. The van der Waals surface area contributed by atoms with Crippen LogP contribution in [-0.2, 0) is 4.79 Å². The summed E-state index contributed by atoms with van der Waals surface area (Å²) in [6.07, 6.45) is 0. The summed E-state index contributed by atoms with van der Waals surface area (Å²) in [5, 5.41) is 7.42. The minimum atomic E-state index is -0.833. The molecule has 8 heavy (non-hydrogen) atoms. The first-order chi connectivity index (χ1) is 1.73. The number of rotatable bonds is 0. The van der Waals surface area contributed by atoms with Crippen LogP contribution in [0, 0.1) is 0 Å². The molecule has 0 aromatic carbocycles. The third kappa shape index (κ3) is 1480. The van der Waals surface area contributed by atoms with E-state index in [1.807, 2.05) is 0 Å². The third-order valence-corrected chi connectivity index (χ3v) is 0. The van der Waals surface area contributed by atoms with Crippen LogP contribution in [0.15, 0.2) is 0 Å². The maximum absolute atomic E-state index is 9.00. The topological polar surface area (TPSA) is 132 Å². The first-order valence-electron chi connectivity index (χ1n) is 0.928. The average Bonchev–Trinajstić information content (AvgIpc) is 0.811. The van der Waals surface area contributed by atoms with Gasteiger partial charge in [-0.1, -0.05) is 0 Å². The zero-order valence-corrected chi connectivity index (χ0v) is 3.86. The fourth-order valence-electron chi connectivity index (χ4n) is 0. The Bertz CT molecular complexity index is 33.4. The number of hydrogen-bond donors (Lipinski definition) is 1. The van der Waals surface area contributed by atoms with Crippen molar-refractivity contribution in [2.24, 2.45) is 0 Å². The van der Waals surface area contributed by atoms with Gasteiger partial charge in [-0.2, -0.15) is 0 Å². The van der Waals surface area contributed by atoms with E-state index in [1.165, 1.54) is 0 Å². The predicted octanol–water partition coefficient (Wildman–Crippen LogP) is -3.03. The van der Waals surface area contributed by atoms with Crippen molar-refractivity contribution in [3.05, 3.63) is 0 Å². The van der Waals surface area contributed by atoms with E-state index in [4.69, 9.17) is 9.90 Å². The van der Waals surface area contributed by atoms with Crippen molar-refractivity contribution in [2.45, 2.75) is 6.92 Å². The molecule has 5 nitrogen and oxygen atoms in total. The van der Waals surface area contributed by atoms with E-state index in [-0.39, 0.29) is 46.0 Å². The standard InChI is InChI=1S/C2H4O2.Na.3H2O.H/c1-2(3)4;;;;;/h1H3,(H,3,4);;3*1H2;. The van der Waals surface area contributed by atoms with Crippen LogP contribution in [0.4, 0.5) is 0 Å². The average molecular weight is 138 g/mol. The van der Waals surface area contributed by atoms with Gasteiger partial charge in [-0.3, -0.25) is 4.79 Å². The molecule has 0 aromatic rings. The van der Waals surface area contributed by atoms with E-state index in [9.17, 15) is 0 Å². The van der Waals surface area contributed by atoms with Crippen LogP contribution in [0.2, 0.25) is 0 Å². The first kappa shape index (κ1) is 40.2. The van der Waals surface area contributed by atoms with Crippen molar-refractivity contribution >= 4 is 35.5 Å². The number of aliphatic carboxylic acids is 1. The Kier molecular flexibility index (Phi) is 133. The Morgan fingerprint density at radius 3 is 1.25 bits per heavy atom. The van der Waals surface area contributed by atoms with Crippen LogP contribution < -0.4 is 0 Å². The van der Waals surface area contributed by atoms with Crippen molar-refractivity contribution in [1.29, 1.82) is 0 Å². The normalized spacial score (nSPS) is 3.12. The molecule has 0 bridgehead atoms. The van der Waals surface area contributed by atoms with E-state index in [2.05, 4.69) is 0 Å². The van der Waals surface area contributed by atoms with Gasteiger partial charge in [-0.05, 0) is 0 Å². The Morgan fingerprint density at radius 1 is 1.25 bits per heavy atom. The number of carbonyl (C=O) groups is 1. The van der Waals surface area contributed by atoms with Gasteiger partial charge in [0.05, 0.1) is 0 Å². The van der Waals surface area contributed by atoms with Crippen LogP contribution in [-0.4, -0.2) is 57.1 Å². The van der Waals surface area contributed by atoms with Gasteiger partial charge in [0.1, 0.15) is 0 Å². The van der Waals surface area contributed by atoms with Gasteiger partial charge in [-0.15, -0.1) is 0 Å². The van der Waals surface area contributed by atoms with Gasteiger partial charge in [-0.25, -0.2) is 0 Å². The van der Waals surface area contributed by atoms with Gasteiger partial charge in [0, 0.05) is 6.92 Å². The SMILES string of the molecule is CC(=O)O.O.O.O.[NaH]. The summed E-state index contributed by atoms with van der Waals surface area (Å²) >= 11 is 0. The van der Waals surface area contributed by atoms with Gasteiger partial charge >= 0.3 is 29.6 Å². The van der Waals surface area contributed by atoms with E-state index >= 15 is 0 Å².